The lowest BCUT2D eigenvalue weighted by Crippen LogP contribution is -2.39. The van der Waals surface area contributed by atoms with Gasteiger partial charge in [-0.15, -0.1) is 0 Å². The number of nitrogens with one attached hydrogen (secondary N) is 3. The van der Waals surface area contributed by atoms with E-state index < -0.39 is 23.3 Å². The van der Waals surface area contributed by atoms with Gasteiger partial charge in [0.05, 0.1) is 16.8 Å². The van der Waals surface area contributed by atoms with Gasteiger partial charge in [0.1, 0.15) is 0 Å². The summed E-state index contributed by atoms with van der Waals surface area (Å²) in [5, 5.41) is 9.44. The summed E-state index contributed by atoms with van der Waals surface area (Å²) in [4.78, 5) is 27.7. The molecule has 0 radical (unpaired) electrons. The largest absolute Gasteiger partial charge is 0.384 e. The monoisotopic (exact) mass is 460 g/mol. The minimum atomic E-state index is -3.77. The summed E-state index contributed by atoms with van der Waals surface area (Å²) >= 11 is 5.99. The molecular formula is C23H23ClF2N4O2. The fourth-order valence-electron chi connectivity index (χ4n) is 3.24. The Morgan fingerprint density at radius 1 is 1.03 bits per heavy atom. The van der Waals surface area contributed by atoms with E-state index in [1.165, 1.54) is 25.1 Å². The summed E-state index contributed by atoms with van der Waals surface area (Å²) < 4.78 is 29.3. The summed E-state index contributed by atoms with van der Waals surface area (Å²) in [6, 6.07) is 12.7. The molecule has 1 heterocycles. The van der Waals surface area contributed by atoms with E-state index in [0.717, 1.165) is 22.7 Å². The third-order valence-electron chi connectivity index (χ3n) is 4.77. The second-order valence-corrected chi connectivity index (χ2v) is 7.65. The number of benzene rings is 2. The normalized spacial score (nSPS) is 11.2. The van der Waals surface area contributed by atoms with Gasteiger partial charge in [0.2, 0.25) is 5.91 Å². The summed E-state index contributed by atoms with van der Waals surface area (Å²) in [5.41, 5.74) is 1.04. The molecule has 0 saturated heterocycles. The highest BCUT2D eigenvalue weighted by molar-refractivity contribution is 6.31. The highest BCUT2D eigenvalue weighted by Gasteiger charge is 2.42. The molecule has 0 bridgehead atoms. The van der Waals surface area contributed by atoms with E-state index in [4.69, 9.17) is 11.6 Å². The van der Waals surface area contributed by atoms with Crippen LogP contribution in [-0.4, -0.2) is 29.9 Å². The van der Waals surface area contributed by atoms with Crippen LogP contribution < -0.4 is 16.0 Å². The van der Waals surface area contributed by atoms with E-state index >= 15 is 0 Å². The lowest BCUT2D eigenvalue weighted by Gasteiger charge is -2.19. The van der Waals surface area contributed by atoms with Gasteiger partial charge in [-0.1, -0.05) is 29.8 Å². The zero-order chi connectivity index (χ0) is 23.1. The first-order chi connectivity index (χ1) is 15.3. The molecule has 3 N–H and O–H groups in total. The number of nitrogens with zero attached hydrogens (tertiary/aromatic N) is 1. The fraction of sp³-hybridized carbons (Fsp3) is 0.261. The van der Waals surface area contributed by atoms with Crippen LogP contribution in [0.5, 0.6) is 0 Å². The van der Waals surface area contributed by atoms with E-state index in [9.17, 15) is 18.4 Å². The Morgan fingerprint density at radius 3 is 2.56 bits per heavy atom. The molecule has 2 amide bonds. The maximum Gasteiger partial charge on any atom is 0.351 e. The van der Waals surface area contributed by atoms with E-state index in [1.807, 2.05) is 12.1 Å². The van der Waals surface area contributed by atoms with Gasteiger partial charge in [0.25, 0.3) is 5.91 Å². The molecule has 0 atom stereocenters. The van der Waals surface area contributed by atoms with Crippen molar-refractivity contribution in [2.45, 2.75) is 25.7 Å². The standard InChI is InChI=1S/C23H23ClF2N4O2/c1-15(31)30-20-7-3-2-6-18(20)23(25,26)22(32)29-12-5-4-11-27-19-10-13-28-21-14-16(24)8-9-17(19)21/h2-3,6-10,13-14H,4-5,11-12H2,1H3,(H,27,28)(H,29,32)(H,30,31). The maximum absolute atomic E-state index is 14.6. The number of aromatic nitrogens is 1. The lowest BCUT2D eigenvalue weighted by molar-refractivity contribution is -0.146. The fourth-order valence-corrected chi connectivity index (χ4v) is 3.41. The van der Waals surface area contributed by atoms with Crippen molar-refractivity contribution in [2.24, 2.45) is 0 Å². The third-order valence-corrected chi connectivity index (χ3v) is 5.01. The van der Waals surface area contributed by atoms with Gasteiger partial charge in [0.15, 0.2) is 0 Å². The van der Waals surface area contributed by atoms with Crippen molar-refractivity contribution < 1.29 is 18.4 Å². The van der Waals surface area contributed by atoms with Gasteiger partial charge in [-0.2, -0.15) is 8.78 Å². The predicted molar refractivity (Wildman–Crippen MR) is 122 cm³/mol. The quantitative estimate of drug-likeness (QED) is 0.395. The van der Waals surface area contributed by atoms with Crippen LogP contribution in [0, 0.1) is 0 Å². The summed E-state index contributed by atoms with van der Waals surface area (Å²) in [6.45, 7) is 1.91. The highest BCUT2D eigenvalue weighted by atomic mass is 35.5. The smallest absolute Gasteiger partial charge is 0.351 e. The van der Waals surface area contributed by atoms with Gasteiger partial charge < -0.3 is 16.0 Å². The number of pyridine rings is 1. The van der Waals surface area contributed by atoms with Crippen LogP contribution in [0.1, 0.15) is 25.3 Å². The van der Waals surface area contributed by atoms with Crippen LogP contribution in [0.2, 0.25) is 5.02 Å². The topological polar surface area (TPSA) is 83.1 Å². The van der Waals surface area contributed by atoms with E-state index in [-0.39, 0.29) is 12.2 Å². The molecule has 1 aromatic heterocycles. The Balaban J connectivity index is 1.49. The van der Waals surface area contributed by atoms with Crippen LogP contribution in [0.15, 0.2) is 54.7 Å². The molecule has 0 fully saturated rings. The molecule has 2 aromatic carbocycles. The minimum Gasteiger partial charge on any atom is -0.384 e. The molecule has 3 rings (SSSR count). The number of halogens is 3. The molecular weight excluding hydrogens is 438 g/mol. The van der Waals surface area contributed by atoms with Crippen molar-refractivity contribution in [1.29, 1.82) is 0 Å². The zero-order valence-corrected chi connectivity index (χ0v) is 18.2. The Morgan fingerprint density at radius 2 is 1.78 bits per heavy atom. The molecule has 0 aliphatic heterocycles. The first-order valence-electron chi connectivity index (χ1n) is 10.1. The van der Waals surface area contributed by atoms with Gasteiger partial charge in [-0.05, 0) is 43.2 Å². The molecule has 0 aliphatic carbocycles. The highest BCUT2D eigenvalue weighted by Crippen LogP contribution is 2.33. The van der Waals surface area contributed by atoms with Crippen molar-refractivity contribution in [3.8, 4) is 0 Å². The average Bonchev–Trinajstić information content (AvgIpc) is 2.75. The SMILES string of the molecule is CC(=O)Nc1ccccc1C(F)(F)C(=O)NCCCCNc1ccnc2cc(Cl)ccc12. The van der Waals surface area contributed by atoms with Gasteiger partial charge in [-0.3, -0.25) is 14.6 Å². The van der Waals surface area contributed by atoms with E-state index in [1.54, 1.807) is 18.3 Å². The molecule has 9 heteroatoms. The molecule has 0 aliphatic rings. The predicted octanol–water partition coefficient (Wildman–Crippen LogP) is 4.95. The second kappa shape index (κ2) is 10.4. The summed E-state index contributed by atoms with van der Waals surface area (Å²) in [7, 11) is 0. The molecule has 3 aromatic rings. The molecule has 168 valence electrons. The number of hydrogen-bond donors (Lipinski definition) is 3. The molecule has 0 unspecified atom stereocenters. The number of para-hydroxylation sites is 1. The van der Waals surface area contributed by atoms with Crippen LogP contribution >= 0.6 is 11.6 Å². The van der Waals surface area contributed by atoms with Gasteiger partial charge in [0, 0.05) is 42.3 Å². The molecule has 0 spiro atoms. The summed E-state index contributed by atoms with van der Waals surface area (Å²) in [6.07, 6.45) is 2.85. The molecule has 6 nitrogen and oxygen atoms in total. The number of rotatable bonds is 9. The van der Waals surface area contributed by atoms with Crippen LogP contribution in [-0.2, 0) is 15.5 Å². The van der Waals surface area contributed by atoms with Crippen LogP contribution in [0.25, 0.3) is 10.9 Å². The number of amides is 2. The number of carbonyl (C=O) groups is 2. The number of alkyl halides is 2. The zero-order valence-electron chi connectivity index (χ0n) is 17.4. The lowest BCUT2D eigenvalue weighted by atomic mass is 10.1. The number of fused-ring (bicyclic) bond motifs is 1. The van der Waals surface area contributed by atoms with Gasteiger partial charge in [-0.25, -0.2) is 0 Å². The van der Waals surface area contributed by atoms with E-state index in [2.05, 4.69) is 20.9 Å². The van der Waals surface area contributed by atoms with Crippen LogP contribution in [0.3, 0.4) is 0 Å². The number of anilines is 2. The number of carbonyl (C=O) groups excluding carboxylic acids is 2. The average molecular weight is 461 g/mol. The Hall–Kier alpha value is -3.26. The van der Waals surface area contributed by atoms with Crippen molar-refractivity contribution in [3.63, 3.8) is 0 Å². The summed E-state index contributed by atoms with van der Waals surface area (Å²) in [5.74, 6) is -5.67. The Bertz CT molecular complexity index is 1120. The Labute approximate surface area is 189 Å². The third kappa shape index (κ3) is 5.70. The number of unbranched alkanes of at least 4 members (excludes halogenated alkanes) is 1. The van der Waals surface area contributed by atoms with Crippen LogP contribution in [0.4, 0.5) is 20.2 Å². The van der Waals surface area contributed by atoms with Crippen molar-refractivity contribution >= 4 is 45.7 Å². The molecule has 32 heavy (non-hydrogen) atoms. The first-order valence-corrected chi connectivity index (χ1v) is 10.5. The van der Waals surface area contributed by atoms with Gasteiger partial charge >= 0.3 is 5.92 Å². The Kier molecular flexibility index (Phi) is 7.58. The van der Waals surface area contributed by atoms with Crippen molar-refractivity contribution in [3.05, 3.63) is 65.3 Å². The minimum absolute atomic E-state index is 0.0878. The van der Waals surface area contributed by atoms with Crippen molar-refractivity contribution in [2.75, 3.05) is 23.7 Å². The second-order valence-electron chi connectivity index (χ2n) is 7.21. The number of hydrogen-bond acceptors (Lipinski definition) is 4. The van der Waals surface area contributed by atoms with Crippen molar-refractivity contribution in [1.82, 2.24) is 10.3 Å². The molecule has 0 saturated carbocycles. The van der Waals surface area contributed by atoms with E-state index in [0.29, 0.717) is 24.4 Å². The first kappa shape index (κ1) is 23.4. The maximum atomic E-state index is 14.6.